The van der Waals surface area contributed by atoms with Gasteiger partial charge >= 0.3 is 0 Å². The summed E-state index contributed by atoms with van der Waals surface area (Å²) in [5.74, 6) is 0.175. The third kappa shape index (κ3) is 2.80. The SMILES string of the molecule is C[C@@H](c1ccsc1)N1CCN(C(=O)c2ccsc2)CC1. The molecule has 0 N–H and O–H groups in total. The highest BCUT2D eigenvalue weighted by Gasteiger charge is 2.25. The molecule has 0 aliphatic carbocycles. The van der Waals surface area contributed by atoms with Gasteiger partial charge in [0.15, 0.2) is 0 Å². The fourth-order valence-electron chi connectivity index (χ4n) is 2.60. The highest BCUT2D eigenvalue weighted by Crippen LogP contribution is 2.24. The predicted molar refractivity (Wildman–Crippen MR) is 84.5 cm³/mol. The summed E-state index contributed by atoms with van der Waals surface area (Å²) in [6.45, 7) is 5.80. The van der Waals surface area contributed by atoms with Crippen LogP contribution in [0.3, 0.4) is 0 Å². The van der Waals surface area contributed by atoms with E-state index in [1.54, 1.807) is 22.7 Å². The van der Waals surface area contributed by atoms with Crippen LogP contribution >= 0.6 is 22.7 Å². The lowest BCUT2D eigenvalue weighted by Crippen LogP contribution is -2.49. The summed E-state index contributed by atoms with van der Waals surface area (Å²) in [6.07, 6.45) is 0. The molecule has 1 aliphatic rings. The van der Waals surface area contributed by atoms with Crippen molar-refractivity contribution in [2.24, 2.45) is 0 Å². The Balaban J connectivity index is 1.58. The molecule has 0 spiro atoms. The maximum Gasteiger partial charge on any atom is 0.254 e. The number of carbonyl (C=O) groups is 1. The maximum atomic E-state index is 12.3. The van der Waals surface area contributed by atoms with Crippen molar-refractivity contribution in [3.05, 3.63) is 44.8 Å². The van der Waals surface area contributed by atoms with Gasteiger partial charge in [-0.25, -0.2) is 0 Å². The van der Waals surface area contributed by atoms with Crippen molar-refractivity contribution in [3.63, 3.8) is 0 Å². The molecular formula is C15H18N2OS2. The fraction of sp³-hybridized carbons (Fsp3) is 0.400. The van der Waals surface area contributed by atoms with E-state index in [0.717, 1.165) is 31.7 Å². The van der Waals surface area contributed by atoms with Crippen molar-refractivity contribution in [2.75, 3.05) is 26.2 Å². The van der Waals surface area contributed by atoms with Gasteiger partial charge in [0.05, 0.1) is 5.56 Å². The molecule has 20 heavy (non-hydrogen) atoms. The molecule has 1 atom stereocenters. The van der Waals surface area contributed by atoms with E-state index in [4.69, 9.17) is 0 Å². The number of amides is 1. The van der Waals surface area contributed by atoms with Gasteiger partial charge in [0, 0.05) is 37.6 Å². The number of hydrogen-bond donors (Lipinski definition) is 0. The predicted octanol–water partition coefficient (Wildman–Crippen LogP) is 3.33. The fourth-order valence-corrected chi connectivity index (χ4v) is 3.98. The molecule has 3 nitrogen and oxygen atoms in total. The number of piperazine rings is 1. The smallest absolute Gasteiger partial charge is 0.254 e. The minimum absolute atomic E-state index is 0.175. The molecule has 1 saturated heterocycles. The van der Waals surface area contributed by atoms with E-state index >= 15 is 0 Å². The molecule has 0 unspecified atom stereocenters. The van der Waals surface area contributed by atoms with Gasteiger partial charge in [-0.3, -0.25) is 9.69 Å². The van der Waals surface area contributed by atoms with Crippen LogP contribution in [0.25, 0.3) is 0 Å². The van der Waals surface area contributed by atoms with Gasteiger partial charge in [-0.1, -0.05) is 0 Å². The van der Waals surface area contributed by atoms with E-state index in [1.807, 2.05) is 21.7 Å². The van der Waals surface area contributed by atoms with Crippen LogP contribution in [0.2, 0.25) is 0 Å². The molecule has 1 fully saturated rings. The van der Waals surface area contributed by atoms with Gasteiger partial charge in [0.1, 0.15) is 0 Å². The number of rotatable bonds is 3. The summed E-state index contributed by atoms with van der Waals surface area (Å²) < 4.78 is 0. The van der Waals surface area contributed by atoms with Gasteiger partial charge < -0.3 is 4.90 Å². The van der Waals surface area contributed by atoms with Crippen molar-refractivity contribution < 1.29 is 4.79 Å². The second kappa shape index (κ2) is 6.08. The topological polar surface area (TPSA) is 23.6 Å². The Morgan fingerprint density at radius 3 is 2.40 bits per heavy atom. The first kappa shape index (κ1) is 13.8. The summed E-state index contributed by atoms with van der Waals surface area (Å²) in [5, 5.41) is 8.24. The highest BCUT2D eigenvalue weighted by molar-refractivity contribution is 7.08. The Morgan fingerprint density at radius 1 is 1.10 bits per heavy atom. The molecule has 0 radical (unpaired) electrons. The van der Waals surface area contributed by atoms with Crippen LogP contribution in [0.15, 0.2) is 33.7 Å². The lowest BCUT2D eigenvalue weighted by molar-refractivity contribution is 0.0583. The zero-order valence-electron chi connectivity index (χ0n) is 11.5. The third-order valence-corrected chi connectivity index (χ3v) is 5.33. The van der Waals surface area contributed by atoms with E-state index in [0.29, 0.717) is 6.04 Å². The average Bonchev–Trinajstić information content (AvgIpc) is 3.18. The maximum absolute atomic E-state index is 12.3. The van der Waals surface area contributed by atoms with Crippen molar-refractivity contribution in [2.45, 2.75) is 13.0 Å². The van der Waals surface area contributed by atoms with Gasteiger partial charge in [-0.05, 0) is 40.8 Å². The zero-order valence-corrected chi connectivity index (χ0v) is 13.1. The summed E-state index contributed by atoms with van der Waals surface area (Å²) in [6, 6.07) is 4.55. The minimum Gasteiger partial charge on any atom is -0.336 e. The van der Waals surface area contributed by atoms with Crippen molar-refractivity contribution in [1.29, 1.82) is 0 Å². The molecule has 106 valence electrons. The van der Waals surface area contributed by atoms with Gasteiger partial charge in [-0.2, -0.15) is 22.7 Å². The Morgan fingerprint density at radius 2 is 1.80 bits per heavy atom. The summed E-state index contributed by atoms with van der Waals surface area (Å²) in [4.78, 5) is 16.7. The lowest BCUT2D eigenvalue weighted by Gasteiger charge is -2.37. The number of hydrogen-bond acceptors (Lipinski definition) is 4. The molecule has 0 aromatic carbocycles. The Hall–Kier alpha value is -1.17. The van der Waals surface area contributed by atoms with Gasteiger partial charge in [0.25, 0.3) is 5.91 Å². The first-order valence-electron chi connectivity index (χ1n) is 6.83. The minimum atomic E-state index is 0.175. The van der Waals surface area contributed by atoms with E-state index < -0.39 is 0 Å². The van der Waals surface area contributed by atoms with Crippen LogP contribution in [-0.4, -0.2) is 41.9 Å². The average molecular weight is 306 g/mol. The van der Waals surface area contributed by atoms with Gasteiger partial charge in [0.2, 0.25) is 0 Å². The van der Waals surface area contributed by atoms with E-state index in [-0.39, 0.29) is 5.91 Å². The van der Waals surface area contributed by atoms with Crippen molar-refractivity contribution >= 4 is 28.6 Å². The first-order chi connectivity index (χ1) is 9.75. The Kier molecular flexibility index (Phi) is 4.19. The molecule has 1 aliphatic heterocycles. The Labute approximate surface area is 127 Å². The van der Waals surface area contributed by atoms with Crippen LogP contribution in [0.5, 0.6) is 0 Å². The molecule has 0 bridgehead atoms. The zero-order chi connectivity index (χ0) is 13.9. The lowest BCUT2D eigenvalue weighted by atomic mass is 10.1. The quantitative estimate of drug-likeness (QED) is 0.868. The normalized spacial score (nSPS) is 18.1. The standard InChI is InChI=1S/C15H18N2OS2/c1-12(13-2-8-19-10-13)16-4-6-17(7-5-16)15(18)14-3-9-20-11-14/h2-3,8-12H,4-7H2,1H3/t12-/m0/s1. The van der Waals surface area contributed by atoms with E-state index in [9.17, 15) is 4.79 Å². The molecule has 3 heterocycles. The Bertz CT molecular complexity index is 542. The van der Waals surface area contributed by atoms with Crippen LogP contribution in [0.1, 0.15) is 28.9 Å². The highest BCUT2D eigenvalue weighted by atomic mass is 32.1. The molecule has 2 aromatic rings. The summed E-state index contributed by atoms with van der Waals surface area (Å²) in [5.41, 5.74) is 2.21. The van der Waals surface area contributed by atoms with E-state index in [1.165, 1.54) is 5.56 Å². The van der Waals surface area contributed by atoms with Crippen LogP contribution in [0, 0.1) is 0 Å². The molecular weight excluding hydrogens is 288 g/mol. The van der Waals surface area contributed by atoms with Crippen molar-refractivity contribution in [1.82, 2.24) is 9.80 Å². The van der Waals surface area contributed by atoms with E-state index in [2.05, 4.69) is 28.7 Å². The number of nitrogens with zero attached hydrogens (tertiary/aromatic N) is 2. The summed E-state index contributed by atoms with van der Waals surface area (Å²) >= 11 is 3.32. The first-order valence-corrected chi connectivity index (χ1v) is 8.72. The second-order valence-electron chi connectivity index (χ2n) is 5.07. The molecule has 3 rings (SSSR count). The van der Waals surface area contributed by atoms with Crippen LogP contribution in [0.4, 0.5) is 0 Å². The number of carbonyl (C=O) groups excluding carboxylic acids is 1. The third-order valence-electron chi connectivity index (χ3n) is 3.94. The molecule has 0 saturated carbocycles. The molecule has 1 amide bonds. The largest absolute Gasteiger partial charge is 0.336 e. The van der Waals surface area contributed by atoms with Crippen LogP contribution < -0.4 is 0 Å². The second-order valence-corrected chi connectivity index (χ2v) is 6.63. The molecule has 2 aromatic heterocycles. The van der Waals surface area contributed by atoms with Crippen molar-refractivity contribution in [3.8, 4) is 0 Å². The monoisotopic (exact) mass is 306 g/mol. The van der Waals surface area contributed by atoms with Gasteiger partial charge in [-0.15, -0.1) is 0 Å². The molecule has 5 heteroatoms. The van der Waals surface area contributed by atoms with Crippen LogP contribution in [-0.2, 0) is 0 Å². The number of thiophene rings is 2. The summed E-state index contributed by atoms with van der Waals surface area (Å²) in [7, 11) is 0.